The van der Waals surface area contributed by atoms with E-state index in [1.54, 1.807) is 0 Å². The van der Waals surface area contributed by atoms with Gasteiger partial charge >= 0.3 is 0 Å². The number of benzene rings is 21. The molecule has 3 spiro atoms. The third kappa shape index (κ3) is 11.4. The van der Waals surface area contributed by atoms with Crippen molar-refractivity contribution in [2.45, 2.75) is 45.6 Å². The Morgan fingerprint density at radius 2 is 0.567 bits per heavy atom. The number of furan rings is 2. The van der Waals surface area contributed by atoms with Crippen LogP contribution in [0.15, 0.2) is 487 Å². The van der Waals surface area contributed by atoms with Gasteiger partial charge in [-0.1, -0.05) is 351 Å². The summed E-state index contributed by atoms with van der Waals surface area (Å²) in [5.74, 6) is 0. The molecule has 0 saturated heterocycles. The fourth-order valence-electron chi connectivity index (χ4n) is 23.4. The molecule has 0 saturated carbocycles. The molecule has 0 atom stereocenters. The highest BCUT2D eigenvalue weighted by atomic mass is 32.2. The van der Waals surface area contributed by atoms with Crippen LogP contribution < -0.4 is 16.0 Å². The fraction of sp³-hybridized carbons (Fsp3) is 0.0240. The van der Waals surface area contributed by atoms with Crippen LogP contribution in [-0.2, 0) is 16.2 Å². The summed E-state index contributed by atoms with van der Waals surface area (Å²) in [6.07, 6.45) is 0. The molecule has 3 aliphatic heterocycles. The topological polar surface area (TPSA) is 62.4 Å². The first kappa shape index (κ1) is 77.2. The highest BCUT2D eigenvalue weighted by molar-refractivity contribution is 8.00. The molecule has 0 fully saturated rings. The average molecular weight is 1780 g/mol. The summed E-state index contributed by atoms with van der Waals surface area (Å²) in [5, 5.41) is 23.7. The first-order valence-corrected chi connectivity index (χ1v) is 49.0. The summed E-state index contributed by atoms with van der Waals surface area (Å²) in [7, 11) is 0. The van der Waals surface area contributed by atoms with Gasteiger partial charge in [0.05, 0.1) is 38.4 Å². The first-order chi connectivity index (χ1) is 66.4. The molecule has 6 aliphatic rings. The number of nitrogens with one attached hydrogen (secondary N) is 3. The maximum absolute atomic E-state index is 6.56. The summed E-state index contributed by atoms with van der Waals surface area (Å²) in [6, 6.07) is 164. The molecular formula is C125H77N3O2S4. The van der Waals surface area contributed by atoms with E-state index in [0.717, 1.165) is 89.1 Å². The smallest absolute Gasteiger partial charge is 0.145 e. The largest absolute Gasteiger partial charge is 0.456 e. The summed E-state index contributed by atoms with van der Waals surface area (Å²) >= 11 is 7.50. The van der Waals surface area contributed by atoms with E-state index in [1.807, 2.05) is 52.7 Å². The highest BCUT2D eigenvalue weighted by Gasteiger charge is 2.54. The van der Waals surface area contributed by atoms with Crippen LogP contribution in [0, 0.1) is 0 Å². The maximum atomic E-state index is 6.56. The minimum Gasteiger partial charge on any atom is -0.456 e. The Hall–Kier alpha value is -15.6. The molecule has 6 heterocycles. The van der Waals surface area contributed by atoms with Gasteiger partial charge in [-0.25, -0.2) is 0 Å². The van der Waals surface area contributed by atoms with E-state index in [4.69, 9.17) is 8.83 Å². The van der Waals surface area contributed by atoms with Crippen molar-refractivity contribution >= 4 is 166 Å². The SMILES string of the molecule is c1ccc(-c2ccc(Nc3ccc4c(c3)C3(c5ccccc5S4)c4ccccc4-c4ccccc43)c3c2oc2ccccc23)cc1.c1ccc2c(c1)Sc1ccc(Nc3cccc4oc5ccc6ccccc6c5c34)cc1C21c2ccccc2-c2ccccc21.c1ccc2c(c1)Sc1ccc(Nc3cccc4sc5cc6ccccc6cc5c34)cc1C21c2ccccc2-c2ccccc21. The van der Waals surface area contributed by atoms with E-state index in [9.17, 15) is 0 Å². The molecule has 3 aliphatic carbocycles. The second kappa shape index (κ2) is 30.2. The second-order valence-electron chi connectivity index (χ2n) is 35.6. The van der Waals surface area contributed by atoms with Crippen LogP contribution >= 0.6 is 46.6 Å². The van der Waals surface area contributed by atoms with Crippen LogP contribution in [0.1, 0.15) is 66.8 Å². The monoisotopic (exact) mass is 1780 g/mol. The van der Waals surface area contributed by atoms with E-state index in [-0.39, 0.29) is 5.41 Å². The maximum Gasteiger partial charge on any atom is 0.145 e. The van der Waals surface area contributed by atoms with Gasteiger partial charge in [0.2, 0.25) is 0 Å². The predicted molar refractivity (Wildman–Crippen MR) is 561 cm³/mol. The zero-order chi connectivity index (χ0) is 87.9. The summed E-state index contributed by atoms with van der Waals surface area (Å²) < 4.78 is 15.6. The van der Waals surface area contributed by atoms with Crippen molar-refractivity contribution in [2.75, 3.05) is 16.0 Å². The Morgan fingerprint density at radius 3 is 1.06 bits per heavy atom. The molecule has 3 aromatic heterocycles. The molecule has 0 bridgehead atoms. The minimum absolute atomic E-state index is 0.373. The molecule has 3 N–H and O–H groups in total. The Labute approximate surface area is 790 Å². The number of hydrogen-bond acceptors (Lipinski definition) is 9. The van der Waals surface area contributed by atoms with Gasteiger partial charge in [0.15, 0.2) is 0 Å². The van der Waals surface area contributed by atoms with E-state index in [0.29, 0.717) is 0 Å². The van der Waals surface area contributed by atoms with Gasteiger partial charge in [-0.05, 0) is 261 Å². The Morgan fingerprint density at radius 1 is 0.194 bits per heavy atom. The van der Waals surface area contributed by atoms with Gasteiger partial charge in [-0.15, -0.1) is 11.3 Å². The lowest BCUT2D eigenvalue weighted by Gasteiger charge is -2.40. The summed E-state index contributed by atoms with van der Waals surface area (Å²) in [5.41, 5.74) is 35.2. The Bertz CT molecular complexity index is 8950. The molecule has 0 unspecified atom stereocenters. The number of hydrogen-bond donors (Lipinski definition) is 3. The molecule has 134 heavy (non-hydrogen) atoms. The van der Waals surface area contributed by atoms with Crippen molar-refractivity contribution < 1.29 is 8.83 Å². The third-order valence-corrected chi connectivity index (χ3v) is 33.3. The van der Waals surface area contributed by atoms with Gasteiger partial charge in [0.25, 0.3) is 0 Å². The number of rotatable bonds is 7. The fourth-order valence-corrected chi connectivity index (χ4v) is 28.0. The molecule has 628 valence electrons. The first-order valence-electron chi connectivity index (χ1n) is 45.7. The van der Waals surface area contributed by atoms with Crippen LogP contribution in [0.2, 0.25) is 0 Å². The van der Waals surface area contributed by atoms with Crippen LogP contribution in [0.5, 0.6) is 0 Å². The zero-order valence-electron chi connectivity index (χ0n) is 72.2. The number of fused-ring (bicyclic) bond motifs is 39. The van der Waals surface area contributed by atoms with E-state index in [2.05, 4.69) is 459 Å². The van der Waals surface area contributed by atoms with Gasteiger partial charge in [0.1, 0.15) is 22.3 Å². The summed E-state index contributed by atoms with van der Waals surface area (Å²) in [6.45, 7) is 0. The van der Waals surface area contributed by atoms with Gasteiger partial charge in [0, 0.05) is 88.6 Å². The number of para-hydroxylation sites is 1. The van der Waals surface area contributed by atoms with Crippen molar-refractivity contribution in [3.63, 3.8) is 0 Å². The van der Waals surface area contributed by atoms with Crippen LogP contribution in [0.25, 0.3) is 130 Å². The highest BCUT2D eigenvalue weighted by Crippen LogP contribution is 2.67. The molecule has 21 aromatic carbocycles. The standard InChI is InChI=1S/C43H27NOS.C41H25NOS.C41H25NS2/c1-2-12-27(13-3-1)29-23-24-37(41-32-16-6-10-20-38(32)45-42(29)41)44-28-22-25-40-36(26-28)43(35-19-9-11-21-39(35)46-40)33-17-7-4-14-30(33)31-15-5-8-18-34(31)43;1-2-11-27-25(10-1)20-22-36-39(27)40-34(17-9-18-35(40)43-36)42-26-21-23-38-33(24-26)41(32-16-7-8-19-37(32)44-38)30-14-5-3-12-28(30)29-13-4-6-15-31(29)41;1-2-11-26-23-39-30(22-25(26)10-1)40-35(17-9-19-38(40)44-39)42-27-20-21-37-34(24-27)41(33-16-7-8-18-36(33)43-37)31-14-5-3-12-28(31)29-13-4-6-15-32(29)41/h1-26,44H;2*1-24,42H. The van der Waals surface area contributed by atoms with Crippen molar-refractivity contribution in [1.29, 1.82) is 0 Å². The van der Waals surface area contributed by atoms with Gasteiger partial charge < -0.3 is 24.8 Å². The van der Waals surface area contributed by atoms with E-state index in [1.165, 1.54) is 171 Å². The molecule has 30 rings (SSSR count). The molecule has 24 aromatic rings. The average Bonchev–Trinajstić information content (AvgIpc) is 1.51. The lowest BCUT2D eigenvalue weighted by atomic mass is 9.67. The number of thiophene rings is 1. The molecule has 5 nitrogen and oxygen atoms in total. The number of anilines is 6. The minimum atomic E-state index is -0.406. The summed E-state index contributed by atoms with van der Waals surface area (Å²) in [4.78, 5) is 7.84. The van der Waals surface area contributed by atoms with Crippen molar-refractivity contribution in [1.82, 2.24) is 0 Å². The molecular weight excluding hydrogens is 1700 g/mol. The molecule has 0 radical (unpaired) electrons. The van der Waals surface area contributed by atoms with E-state index < -0.39 is 10.8 Å². The molecule has 0 amide bonds. The van der Waals surface area contributed by atoms with Crippen molar-refractivity contribution in [3.8, 4) is 44.5 Å². The Balaban J connectivity index is 0.000000100. The van der Waals surface area contributed by atoms with E-state index >= 15 is 0 Å². The molecule has 9 heteroatoms. The second-order valence-corrected chi connectivity index (χ2v) is 39.9. The zero-order valence-corrected chi connectivity index (χ0v) is 75.4. The van der Waals surface area contributed by atoms with Crippen molar-refractivity contribution in [3.05, 3.63) is 516 Å². The van der Waals surface area contributed by atoms with Gasteiger partial charge in [-0.2, -0.15) is 0 Å². The Kier molecular flexibility index (Phi) is 17.4. The quantitative estimate of drug-likeness (QED) is 0.146. The normalized spacial score (nSPS) is 13.9. The lowest BCUT2D eigenvalue weighted by molar-refractivity contribution is 0.669. The predicted octanol–water partition coefficient (Wildman–Crippen LogP) is 34.9. The van der Waals surface area contributed by atoms with Crippen LogP contribution in [0.3, 0.4) is 0 Å². The lowest BCUT2D eigenvalue weighted by Crippen LogP contribution is -2.32. The van der Waals surface area contributed by atoms with Crippen LogP contribution in [0.4, 0.5) is 34.1 Å². The van der Waals surface area contributed by atoms with Crippen molar-refractivity contribution in [2.24, 2.45) is 0 Å². The third-order valence-electron chi connectivity index (χ3n) is 28.7. The van der Waals surface area contributed by atoms with Gasteiger partial charge in [-0.3, -0.25) is 0 Å². The van der Waals surface area contributed by atoms with Crippen LogP contribution in [-0.4, -0.2) is 0 Å².